The zero-order valence-corrected chi connectivity index (χ0v) is 13.4. The normalized spacial score (nSPS) is 12.1. The van der Waals surface area contributed by atoms with Crippen molar-refractivity contribution in [1.29, 1.82) is 0 Å². The molecule has 0 saturated carbocycles. The number of anilines is 1. The van der Waals surface area contributed by atoms with Crippen LogP contribution < -0.4 is 5.32 Å². The largest absolute Gasteiger partial charge is 0.388 e. The Hall–Kier alpha value is -2.24. The van der Waals surface area contributed by atoms with Crippen LogP contribution in [0.3, 0.4) is 0 Å². The third kappa shape index (κ3) is 6.18. The molecule has 0 aliphatic rings. The predicted octanol–water partition coefficient (Wildman–Crippen LogP) is 2.47. The molecule has 2 N–H and O–H groups in total. The van der Waals surface area contributed by atoms with E-state index < -0.39 is 6.10 Å². The topological polar surface area (TPSA) is 65.5 Å². The Morgan fingerprint density at radius 2 is 2.00 bits per heavy atom. The molecule has 1 unspecified atom stereocenters. The summed E-state index contributed by atoms with van der Waals surface area (Å²) < 4.78 is 0. The van der Waals surface area contributed by atoms with Crippen LogP contribution in [0.2, 0.25) is 0 Å². The number of hydrogen-bond donors (Lipinski definition) is 2. The van der Waals surface area contributed by atoms with E-state index in [9.17, 15) is 9.90 Å². The third-order valence-corrected chi connectivity index (χ3v) is 3.63. The second kappa shape index (κ2) is 9.02. The van der Waals surface area contributed by atoms with Crippen LogP contribution in [0.4, 0.5) is 5.69 Å². The molecule has 0 aliphatic heterocycles. The highest BCUT2D eigenvalue weighted by molar-refractivity contribution is 5.90. The van der Waals surface area contributed by atoms with Crippen LogP contribution in [0, 0.1) is 0 Å². The molecule has 2 rings (SSSR count). The molecule has 23 heavy (non-hydrogen) atoms. The van der Waals surface area contributed by atoms with E-state index in [0.29, 0.717) is 25.1 Å². The second-order valence-corrected chi connectivity index (χ2v) is 5.56. The standard InChI is InChI=1S/C18H23N3O2/c1-21(12-9-17(22)15-6-3-2-4-7-15)13-10-18(23)20-16-8-5-11-19-14-16/h2-8,11,14,17,22H,9-10,12-13H2,1H3,(H,20,23). The van der Waals surface area contributed by atoms with Gasteiger partial charge in [0.05, 0.1) is 18.0 Å². The summed E-state index contributed by atoms with van der Waals surface area (Å²) in [4.78, 5) is 17.9. The van der Waals surface area contributed by atoms with E-state index in [1.807, 2.05) is 43.4 Å². The molecule has 1 amide bonds. The maximum absolute atomic E-state index is 11.9. The van der Waals surface area contributed by atoms with Crippen LogP contribution in [0.5, 0.6) is 0 Å². The minimum Gasteiger partial charge on any atom is -0.388 e. The van der Waals surface area contributed by atoms with Gasteiger partial charge in [0, 0.05) is 25.7 Å². The van der Waals surface area contributed by atoms with Gasteiger partial charge in [-0.3, -0.25) is 9.78 Å². The molecular weight excluding hydrogens is 290 g/mol. The number of benzene rings is 1. The lowest BCUT2D eigenvalue weighted by Gasteiger charge is -2.18. The molecule has 2 aromatic rings. The van der Waals surface area contributed by atoms with E-state index in [1.54, 1.807) is 18.5 Å². The van der Waals surface area contributed by atoms with Gasteiger partial charge in [-0.2, -0.15) is 0 Å². The Balaban J connectivity index is 1.67. The predicted molar refractivity (Wildman–Crippen MR) is 91.0 cm³/mol. The quantitative estimate of drug-likeness (QED) is 0.786. The fourth-order valence-electron chi connectivity index (χ4n) is 2.25. The Bertz CT molecular complexity index is 590. The van der Waals surface area contributed by atoms with Crippen molar-refractivity contribution in [3.8, 4) is 0 Å². The van der Waals surface area contributed by atoms with Gasteiger partial charge in [0.15, 0.2) is 0 Å². The molecule has 1 aromatic heterocycles. The summed E-state index contributed by atoms with van der Waals surface area (Å²) in [6.45, 7) is 1.38. The van der Waals surface area contributed by atoms with E-state index >= 15 is 0 Å². The van der Waals surface area contributed by atoms with E-state index in [0.717, 1.165) is 12.1 Å². The maximum Gasteiger partial charge on any atom is 0.225 e. The van der Waals surface area contributed by atoms with E-state index in [1.165, 1.54) is 0 Å². The van der Waals surface area contributed by atoms with Gasteiger partial charge in [0.25, 0.3) is 0 Å². The first-order valence-corrected chi connectivity index (χ1v) is 7.76. The molecule has 0 saturated heterocycles. The second-order valence-electron chi connectivity index (χ2n) is 5.56. The third-order valence-electron chi connectivity index (χ3n) is 3.63. The fraction of sp³-hybridized carbons (Fsp3) is 0.333. The molecule has 1 aromatic carbocycles. The average Bonchev–Trinajstić information content (AvgIpc) is 2.59. The van der Waals surface area contributed by atoms with Crippen molar-refractivity contribution in [2.24, 2.45) is 0 Å². The van der Waals surface area contributed by atoms with Gasteiger partial charge in [-0.05, 0) is 31.2 Å². The van der Waals surface area contributed by atoms with E-state index in [-0.39, 0.29) is 5.91 Å². The van der Waals surface area contributed by atoms with Crippen LogP contribution >= 0.6 is 0 Å². The Labute approximate surface area is 137 Å². The summed E-state index contributed by atoms with van der Waals surface area (Å²) in [6, 6.07) is 13.2. The van der Waals surface area contributed by atoms with Crippen LogP contribution in [0.15, 0.2) is 54.9 Å². The Kier molecular flexibility index (Phi) is 6.72. The first-order chi connectivity index (χ1) is 11.1. The number of pyridine rings is 1. The number of aromatic nitrogens is 1. The summed E-state index contributed by atoms with van der Waals surface area (Å²) in [7, 11) is 1.95. The number of aliphatic hydroxyl groups is 1. The molecule has 5 nitrogen and oxygen atoms in total. The number of nitrogens with zero attached hydrogens (tertiary/aromatic N) is 2. The zero-order valence-electron chi connectivity index (χ0n) is 13.4. The SMILES string of the molecule is CN(CCC(=O)Nc1cccnc1)CCC(O)c1ccccc1. The Morgan fingerprint density at radius 3 is 2.70 bits per heavy atom. The van der Waals surface area contributed by atoms with Gasteiger partial charge < -0.3 is 15.3 Å². The Morgan fingerprint density at radius 1 is 1.22 bits per heavy atom. The highest BCUT2D eigenvalue weighted by Gasteiger charge is 2.10. The van der Waals surface area contributed by atoms with Crippen LogP contribution in [0.25, 0.3) is 0 Å². The van der Waals surface area contributed by atoms with Crippen molar-refractivity contribution in [2.75, 3.05) is 25.5 Å². The number of rotatable bonds is 8. The first-order valence-electron chi connectivity index (χ1n) is 7.76. The van der Waals surface area contributed by atoms with Crippen LogP contribution in [0.1, 0.15) is 24.5 Å². The van der Waals surface area contributed by atoms with Gasteiger partial charge in [0.2, 0.25) is 5.91 Å². The van der Waals surface area contributed by atoms with Crippen molar-refractivity contribution < 1.29 is 9.90 Å². The molecule has 0 radical (unpaired) electrons. The summed E-state index contributed by atoms with van der Waals surface area (Å²) in [6.07, 6.45) is 3.87. The van der Waals surface area contributed by atoms with Gasteiger partial charge >= 0.3 is 0 Å². The molecule has 1 heterocycles. The highest BCUT2D eigenvalue weighted by atomic mass is 16.3. The molecule has 0 spiro atoms. The van der Waals surface area contributed by atoms with Crippen molar-refractivity contribution in [1.82, 2.24) is 9.88 Å². The lowest BCUT2D eigenvalue weighted by atomic mass is 10.1. The zero-order chi connectivity index (χ0) is 16.5. The number of carbonyl (C=O) groups is 1. The minimum atomic E-state index is -0.470. The van der Waals surface area contributed by atoms with Gasteiger partial charge in [-0.1, -0.05) is 30.3 Å². The molecule has 0 aliphatic carbocycles. The van der Waals surface area contributed by atoms with E-state index in [2.05, 4.69) is 15.2 Å². The lowest BCUT2D eigenvalue weighted by Crippen LogP contribution is -2.26. The number of carbonyl (C=O) groups excluding carboxylic acids is 1. The van der Waals surface area contributed by atoms with Crippen molar-refractivity contribution in [3.05, 3.63) is 60.4 Å². The lowest BCUT2D eigenvalue weighted by molar-refractivity contribution is -0.116. The average molecular weight is 313 g/mol. The fourth-order valence-corrected chi connectivity index (χ4v) is 2.25. The van der Waals surface area contributed by atoms with Gasteiger partial charge in [-0.25, -0.2) is 0 Å². The number of aliphatic hydroxyl groups excluding tert-OH is 1. The number of nitrogens with one attached hydrogen (secondary N) is 1. The molecule has 5 heteroatoms. The minimum absolute atomic E-state index is 0.0338. The molecular formula is C18H23N3O2. The first kappa shape index (κ1) is 17.1. The van der Waals surface area contributed by atoms with E-state index in [4.69, 9.17) is 0 Å². The smallest absolute Gasteiger partial charge is 0.225 e. The van der Waals surface area contributed by atoms with Crippen molar-refractivity contribution >= 4 is 11.6 Å². The molecule has 0 bridgehead atoms. The van der Waals surface area contributed by atoms with Crippen LogP contribution in [-0.4, -0.2) is 41.0 Å². The molecule has 122 valence electrons. The number of hydrogen-bond acceptors (Lipinski definition) is 4. The van der Waals surface area contributed by atoms with Gasteiger partial charge in [-0.15, -0.1) is 0 Å². The molecule has 1 atom stereocenters. The highest BCUT2D eigenvalue weighted by Crippen LogP contribution is 2.16. The summed E-state index contributed by atoms with van der Waals surface area (Å²) >= 11 is 0. The monoisotopic (exact) mass is 313 g/mol. The maximum atomic E-state index is 11.9. The van der Waals surface area contributed by atoms with Crippen molar-refractivity contribution in [2.45, 2.75) is 18.9 Å². The summed E-state index contributed by atoms with van der Waals surface area (Å²) in [5.41, 5.74) is 1.63. The van der Waals surface area contributed by atoms with Gasteiger partial charge in [0.1, 0.15) is 0 Å². The number of amides is 1. The van der Waals surface area contributed by atoms with Crippen LogP contribution in [-0.2, 0) is 4.79 Å². The molecule has 0 fully saturated rings. The van der Waals surface area contributed by atoms with Crippen molar-refractivity contribution in [3.63, 3.8) is 0 Å². The summed E-state index contributed by atoms with van der Waals surface area (Å²) in [5, 5.41) is 12.9. The summed E-state index contributed by atoms with van der Waals surface area (Å²) in [5.74, 6) is -0.0338.